The molecule has 108 valence electrons. The van der Waals surface area contributed by atoms with Crippen molar-refractivity contribution in [3.8, 4) is 0 Å². The molecule has 10 heteroatoms. The molecule has 0 fully saturated rings. The third kappa shape index (κ3) is 5.25. The third-order valence-corrected chi connectivity index (χ3v) is 2.16. The van der Waals surface area contributed by atoms with Gasteiger partial charge in [-0.25, -0.2) is 9.78 Å². The number of amides is 3. The van der Waals surface area contributed by atoms with Gasteiger partial charge in [-0.1, -0.05) is 0 Å². The van der Waals surface area contributed by atoms with E-state index in [0.717, 1.165) is 0 Å². The summed E-state index contributed by atoms with van der Waals surface area (Å²) in [6.45, 7) is 2.57. The summed E-state index contributed by atoms with van der Waals surface area (Å²) in [5.74, 6) is -1.78. The van der Waals surface area contributed by atoms with Crippen molar-refractivity contribution in [3.05, 3.63) is 11.4 Å². The number of hydrogen-bond acceptors (Lipinski definition) is 6. The first kappa shape index (κ1) is 15.3. The van der Waals surface area contributed by atoms with E-state index in [1.807, 2.05) is 0 Å². The Labute approximate surface area is 114 Å². The fourth-order valence-corrected chi connectivity index (χ4v) is 1.05. The first-order valence-electron chi connectivity index (χ1n) is 5.59. The average Bonchev–Trinajstić information content (AvgIpc) is 2.38. The number of nitrogens with zero attached hydrogens (tertiary/aromatic N) is 3. The second kappa shape index (κ2) is 6.97. The average molecular weight is 282 g/mol. The second-order valence-corrected chi connectivity index (χ2v) is 3.78. The van der Waals surface area contributed by atoms with E-state index >= 15 is 0 Å². The molecule has 0 aliphatic rings. The standard InChI is InChI=1S/C10H14N6O4/c1-5-6(2)15-16-9(13-5)14-10(20)12-3-7(17)11-4-8(18)19/h3-4H2,1-2H3,(H,11,17)(H,18,19)(H2,12,13,14,16,20). The van der Waals surface area contributed by atoms with Gasteiger partial charge in [0.05, 0.1) is 17.9 Å². The maximum atomic E-state index is 11.4. The van der Waals surface area contributed by atoms with Crippen LogP contribution in [0, 0.1) is 13.8 Å². The van der Waals surface area contributed by atoms with Crippen LogP contribution in [0.3, 0.4) is 0 Å². The molecular formula is C10H14N6O4. The minimum atomic E-state index is -1.17. The maximum absolute atomic E-state index is 11.4. The monoisotopic (exact) mass is 282 g/mol. The molecule has 0 saturated carbocycles. The zero-order valence-corrected chi connectivity index (χ0v) is 10.9. The molecule has 0 aliphatic carbocycles. The van der Waals surface area contributed by atoms with Gasteiger partial charge in [-0.05, 0) is 13.8 Å². The molecule has 0 radical (unpaired) electrons. The van der Waals surface area contributed by atoms with Crippen molar-refractivity contribution in [1.82, 2.24) is 25.8 Å². The zero-order valence-electron chi connectivity index (χ0n) is 10.9. The van der Waals surface area contributed by atoms with Crippen LogP contribution in [0.15, 0.2) is 0 Å². The van der Waals surface area contributed by atoms with Gasteiger partial charge in [-0.2, -0.15) is 5.10 Å². The first-order chi connectivity index (χ1) is 9.38. The van der Waals surface area contributed by atoms with E-state index in [1.54, 1.807) is 13.8 Å². The summed E-state index contributed by atoms with van der Waals surface area (Å²) in [5, 5.41) is 22.4. The fraction of sp³-hybridized carbons (Fsp3) is 0.400. The van der Waals surface area contributed by atoms with Gasteiger partial charge < -0.3 is 15.7 Å². The van der Waals surface area contributed by atoms with Crippen molar-refractivity contribution in [1.29, 1.82) is 0 Å². The van der Waals surface area contributed by atoms with Crippen LogP contribution < -0.4 is 16.0 Å². The van der Waals surface area contributed by atoms with Gasteiger partial charge in [-0.15, -0.1) is 5.10 Å². The maximum Gasteiger partial charge on any atom is 0.322 e. The molecule has 1 heterocycles. The summed E-state index contributed by atoms with van der Waals surface area (Å²) in [6.07, 6.45) is 0. The number of carboxylic acids is 1. The van der Waals surface area contributed by atoms with Crippen molar-refractivity contribution in [2.24, 2.45) is 0 Å². The van der Waals surface area contributed by atoms with E-state index in [2.05, 4.69) is 31.1 Å². The van der Waals surface area contributed by atoms with E-state index < -0.39 is 24.5 Å². The van der Waals surface area contributed by atoms with Gasteiger partial charge in [0.15, 0.2) is 0 Å². The Morgan fingerprint density at radius 3 is 2.35 bits per heavy atom. The molecule has 0 bridgehead atoms. The summed E-state index contributed by atoms with van der Waals surface area (Å²) in [6, 6.07) is -0.694. The Balaban J connectivity index is 2.38. The number of rotatable bonds is 5. The van der Waals surface area contributed by atoms with Crippen molar-refractivity contribution < 1.29 is 19.5 Å². The lowest BCUT2D eigenvalue weighted by atomic mass is 10.4. The van der Waals surface area contributed by atoms with Crippen LogP contribution >= 0.6 is 0 Å². The Morgan fingerprint density at radius 1 is 1.05 bits per heavy atom. The summed E-state index contributed by atoms with van der Waals surface area (Å²) in [4.78, 5) is 36.7. The van der Waals surface area contributed by atoms with Crippen LogP contribution in [0.25, 0.3) is 0 Å². The van der Waals surface area contributed by atoms with E-state index in [4.69, 9.17) is 5.11 Å². The highest BCUT2D eigenvalue weighted by Gasteiger charge is 2.09. The van der Waals surface area contributed by atoms with Crippen molar-refractivity contribution in [2.75, 3.05) is 18.4 Å². The predicted octanol–water partition coefficient (Wildman–Crippen LogP) is -1.19. The van der Waals surface area contributed by atoms with Gasteiger partial charge in [0.25, 0.3) is 5.95 Å². The number of aliphatic carboxylic acids is 1. The number of aryl methyl sites for hydroxylation is 2. The van der Waals surface area contributed by atoms with Crippen molar-refractivity contribution in [3.63, 3.8) is 0 Å². The van der Waals surface area contributed by atoms with Crippen LogP contribution in [-0.2, 0) is 9.59 Å². The largest absolute Gasteiger partial charge is 0.480 e. The van der Waals surface area contributed by atoms with Gasteiger partial charge in [0.1, 0.15) is 6.54 Å². The Bertz CT molecular complexity index is 532. The third-order valence-electron chi connectivity index (χ3n) is 2.16. The van der Waals surface area contributed by atoms with Crippen molar-refractivity contribution >= 4 is 23.9 Å². The number of urea groups is 1. The van der Waals surface area contributed by atoms with Crippen LogP contribution in [-0.4, -0.2) is 51.3 Å². The van der Waals surface area contributed by atoms with E-state index in [1.165, 1.54) is 0 Å². The molecule has 0 aromatic carbocycles. The molecule has 0 aliphatic heterocycles. The number of aromatic nitrogens is 3. The Hall–Kier alpha value is -2.78. The normalized spacial score (nSPS) is 9.70. The highest BCUT2D eigenvalue weighted by Crippen LogP contribution is 2.01. The summed E-state index contributed by atoms with van der Waals surface area (Å²) in [7, 11) is 0. The molecule has 0 atom stereocenters. The number of nitrogens with one attached hydrogen (secondary N) is 3. The summed E-state index contributed by atoms with van der Waals surface area (Å²) < 4.78 is 0. The minimum absolute atomic E-state index is 0.0107. The molecule has 0 saturated heterocycles. The highest BCUT2D eigenvalue weighted by molar-refractivity contribution is 5.91. The van der Waals surface area contributed by atoms with E-state index in [-0.39, 0.29) is 12.5 Å². The number of hydrogen-bond donors (Lipinski definition) is 4. The second-order valence-electron chi connectivity index (χ2n) is 3.78. The molecule has 0 spiro atoms. The van der Waals surface area contributed by atoms with Crippen LogP contribution in [0.2, 0.25) is 0 Å². The molecule has 3 amide bonds. The van der Waals surface area contributed by atoms with E-state index in [0.29, 0.717) is 11.4 Å². The van der Waals surface area contributed by atoms with Crippen LogP contribution in [0.5, 0.6) is 0 Å². The van der Waals surface area contributed by atoms with Gasteiger partial charge in [0.2, 0.25) is 5.91 Å². The summed E-state index contributed by atoms with van der Waals surface area (Å²) in [5.41, 5.74) is 1.26. The van der Waals surface area contributed by atoms with Gasteiger partial charge in [-0.3, -0.25) is 14.9 Å². The molecule has 10 nitrogen and oxygen atoms in total. The van der Waals surface area contributed by atoms with E-state index in [9.17, 15) is 14.4 Å². The molecular weight excluding hydrogens is 268 g/mol. The molecule has 0 unspecified atom stereocenters. The lowest BCUT2D eigenvalue weighted by Crippen LogP contribution is -2.40. The van der Waals surface area contributed by atoms with Crippen molar-refractivity contribution in [2.45, 2.75) is 13.8 Å². The predicted molar refractivity (Wildman–Crippen MR) is 67.0 cm³/mol. The molecule has 1 aromatic rings. The molecule has 4 N–H and O–H groups in total. The Kier molecular flexibility index (Phi) is 5.32. The quantitative estimate of drug-likeness (QED) is 0.531. The molecule has 1 aromatic heterocycles. The number of carbonyl (C=O) groups is 3. The highest BCUT2D eigenvalue weighted by atomic mass is 16.4. The number of carboxylic acid groups (broad SMARTS) is 1. The zero-order chi connectivity index (χ0) is 15.1. The Morgan fingerprint density at radius 2 is 1.75 bits per heavy atom. The number of anilines is 1. The van der Waals surface area contributed by atoms with Gasteiger partial charge >= 0.3 is 12.0 Å². The fourth-order valence-electron chi connectivity index (χ4n) is 1.05. The summed E-state index contributed by atoms with van der Waals surface area (Å²) >= 11 is 0. The van der Waals surface area contributed by atoms with Crippen LogP contribution in [0.4, 0.5) is 10.7 Å². The smallest absolute Gasteiger partial charge is 0.322 e. The lowest BCUT2D eigenvalue weighted by molar-refractivity contribution is -0.137. The topological polar surface area (TPSA) is 146 Å². The lowest BCUT2D eigenvalue weighted by Gasteiger charge is -2.06. The number of carbonyl (C=O) groups excluding carboxylic acids is 2. The molecule has 1 rings (SSSR count). The SMILES string of the molecule is Cc1nnc(NC(=O)NCC(=O)NCC(=O)O)nc1C. The minimum Gasteiger partial charge on any atom is -0.480 e. The molecule has 20 heavy (non-hydrogen) atoms. The van der Waals surface area contributed by atoms with Gasteiger partial charge in [0, 0.05) is 0 Å². The first-order valence-corrected chi connectivity index (χ1v) is 5.59. The van der Waals surface area contributed by atoms with Crippen LogP contribution in [0.1, 0.15) is 11.4 Å².